The summed E-state index contributed by atoms with van der Waals surface area (Å²) in [7, 11) is 0. The molecular formula is C10H16N2O4. The summed E-state index contributed by atoms with van der Waals surface area (Å²) in [5.41, 5.74) is 0. The van der Waals surface area contributed by atoms with Crippen LogP contribution in [0, 0.1) is 5.92 Å². The maximum atomic E-state index is 11.5. The smallest absolute Gasteiger partial charge is 0.323 e. The Balaban J connectivity index is 1.89. The molecule has 0 aromatic heterocycles. The van der Waals surface area contributed by atoms with Gasteiger partial charge in [0.1, 0.15) is 6.54 Å². The lowest BCUT2D eigenvalue weighted by Crippen LogP contribution is -2.37. The molecule has 2 heterocycles. The number of nitrogens with one attached hydrogen (secondary N) is 1. The van der Waals surface area contributed by atoms with E-state index in [1.807, 2.05) is 0 Å². The molecule has 2 fully saturated rings. The Morgan fingerprint density at radius 3 is 2.81 bits per heavy atom. The second-order valence-electron chi connectivity index (χ2n) is 4.28. The van der Waals surface area contributed by atoms with Crippen LogP contribution in [0.1, 0.15) is 12.8 Å². The summed E-state index contributed by atoms with van der Waals surface area (Å²) >= 11 is 0. The van der Waals surface area contributed by atoms with Gasteiger partial charge in [-0.25, -0.2) is 4.79 Å². The number of carboxylic acid groups (broad SMARTS) is 1. The molecule has 1 atom stereocenters. The number of nitrogens with zero attached hydrogens (tertiary/aromatic N) is 1. The number of carbonyl (C=O) groups excluding carboxylic acids is 1. The van der Waals surface area contributed by atoms with Gasteiger partial charge in [-0.15, -0.1) is 0 Å². The van der Waals surface area contributed by atoms with Gasteiger partial charge in [0, 0.05) is 19.8 Å². The number of hydrogen-bond donors (Lipinski definition) is 2. The molecule has 16 heavy (non-hydrogen) atoms. The minimum absolute atomic E-state index is 0.0794. The molecule has 2 aliphatic rings. The Kier molecular flexibility index (Phi) is 3.28. The van der Waals surface area contributed by atoms with E-state index in [0.29, 0.717) is 12.5 Å². The molecule has 2 N–H and O–H groups in total. The van der Waals surface area contributed by atoms with Crippen LogP contribution in [0.3, 0.4) is 0 Å². The van der Waals surface area contributed by atoms with E-state index < -0.39 is 5.97 Å². The summed E-state index contributed by atoms with van der Waals surface area (Å²) in [6.07, 6.45) is 1.87. The van der Waals surface area contributed by atoms with Crippen LogP contribution in [-0.4, -0.2) is 54.4 Å². The number of urea groups is 1. The van der Waals surface area contributed by atoms with Gasteiger partial charge in [-0.2, -0.15) is 0 Å². The number of carbonyl (C=O) groups is 2. The van der Waals surface area contributed by atoms with Crippen molar-refractivity contribution in [2.75, 3.05) is 26.3 Å². The van der Waals surface area contributed by atoms with Crippen molar-refractivity contribution < 1.29 is 19.4 Å². The number of rotatable bonds is 3. The molecule has 2 amide bonds. The number of amides is 2. The minimum atomic E-state index is -0.970. The zero-order valence-electron chi connectivity index (χ0n) is 9.02. The first kappa shape index (κ1) is 11.2. The van der Waals surface area contributed by atoms with Crippen LogP contribution in [0.15, 0.2) is 0 Å². The van der Waals surface area contributed by atoms with Gasteiger partial charge in [-0.3, -0.25) is 4.79 Å². The average Bonchev–Trinajstić information content (AvgIpc) is 2.61. The van der Waals surface area contributed by atoms with Crippen LogP contribution in [0.4, 0.5) is 4.79 Å². The molecule has 2 rings (SSSR count). The van der Waals surface area contributed by atoms with Gasteiger partial charge >= 0.3 is 12.0 Å². The third-order valence-corrected chi connectivity index (χ3v) is 3.17. The van der Waals surface area contributed by atoms with Crippen molar-refractivity contribution in [3.05, 3.63) is 0 Å². The SMILES string of the molecule is O=C(O)CN1CC(C2CCOCC2)NC1=O. The number of aliphatic carboxylic acids is 1. The summed E-state index contributed by atoms with van der Waals surface area (Å²) in [5, 5.41) is 11.5. The predicted octanol–water partition coefficient (Wildman–Crippen LogP) is -0.109. The second kappa shape index (κ2) is 4.69. The minimum Gasteiger partial charge on any atom is -0.480 e. The third kappa shape index (κ3) is 2.44. The lowest BCUT2D eigenvalue weighted by molar-refractivity contribution is -0.137. The number of hydrogen-bond acceptors (Lipinski definition) is 3. The summed E-state index contributed by atoms with van der Waals surface area (Å²) in [5.74, 6) is -0.556. The summed E-state index contributed by atoms with van der Waals surface area (Å²) < 4.78 is 5.26. The lowest BCUT2D eigenvalue weighted by Gasteiger charge is -2.26. The van der Waals surface area contributed by atoms with Gasteiger partial charge in [-0.1, -0.05) is 0 Å². The van der Waals surface area contributed by atoms with Crippen LogP contribution in [0.2, 0.25) is 0 Å². The highest BCUT2D eigenvalue weighted by molar-refractivity contribution is 5.82. The van der Waals surface area contributed by atoms with Crippen molar-refractivity contribution in [2.45, 2.75) is 18.9 Å². The molecule has 0 spiro atoms. The highest BCUT2D eigenvalue weighted by Gasteiger charge is 2.35. The van der Waals surface area contributed by atoms with Crippen LogP contribution in [0.5, 0.6) is 0 Å². The first-order valence-corrected chi connectivity index (χ1v) is 5.52. The van der Waals surface area contributed by atoms with Gasteiger partial charge in [0.05, 0.1) is 6.04 Å². The molecule has 0 radical (unpaired) electrons. The van der Waals surface area contributed by atoms with Crippen molar-refractivity contribution in [1.82, 2.24) is 10.2 Å². The monoisotopic (exact) mass is 228 g/mol. The van der Waals surface area contributed by atoms with Crippen molar-refractivity contribution in [3.8, 4) is 0 Å². The maximum Gasteiger partial charge on any atom is 0.323 e. The molecule has 0 aromatic carbocycles. The van der Waals surface area contributed by atoms with E-state index in [1.54, 1.807) is 0 Å². The highest BCUT2D eigenvalue weighted by atomic mass is 16.5. The Labute approximate surface area is 93.6 Å². The zero-order chi connectivity index (χ0) is 11.5. The van der Waals surface area contributed by atoms with E-state index in [0.717, 1.165) is 26.1 Å². The lowest BCUT2D eigenvalue weighted by atomic mass is 9.92. The van der Waals surface area contributed by atoms with E-state index in [1.165, 1.54) is 4.90 Å². The molecule has 6 nitrogen and oxygen atoms in total. The molecule has 1 unspecified atom stereocenters. The van der Waals surface area contributed by atoms with E-state index in [2.05, 4.69) is 5.32 Å². The molecule has 0 aromatic rings. The van der Waals surface area contributed by atoms with Gasteiger partial charge in [-0.05, 0) is 18.8 Å². The molecule has 2 saturated heterocycles. The molecule has 90 valence electrons. The molecule has 0 saturated carbocycles. The largest absolute Gasteiger partial charge is 0.480 e. The third-order valence-electron chi connectivity index (χ3n) is 3.17. The van der Waals surface area contributed by atoms with E-state index in [9.17, 15) is 9.59 Å². The summed E-state index contributed by atoms with van der Waals surface area (Å²) in [6, 6.07) is -0.186. The standard InChI is InChI=1S/C10H16N2O4/c13-9(14)6-12-5-8(11-10(12)15)7-1-3-16-4-2-7/h7-8H,1-6H2,(H,11,15)(H,13,14). The predicted molar refractivity (Wildman–Crippen MR) is 55.1 cm³/mol. The maximum absolute atomic E-state index is 11.5. The number of ether oxygens (including phenoxy) is 1. The fraction of sp³-hybridized carbons (Fsp3) is 0.800. The fourth-order valence-corrected chi connectivity index (χ4v) is 2.30. The zero-order valence-corrected chi connectivity index (χ0v) is 9.02. The summed E-state index contributed by atoms with van der Waals surface area (Å²) in [6.45, 7) is 1.74. The van der Waals surface area contributed by atoms with Crippen molar-refractivity contribution in [3.63, 3.8) is 0 Å². The van der Waals surface area contributed by atoms with E-state index in [4.69, 9.17) is 9.84 Å². The van der Waals surface area contributed by atoms with Gasteiger partial charge in [0.15, 0.2) is 0 Å². The molecular weight excluding hydrogens is 212 g/mol. The van der Waals surface area contributed by atoms with Crippen molar-refractivity contribution in [1.29, 1.82) is 0 Å². The molecule has 2 aliphatic heterocycles. The van der Waals surface area contributed by atoms with Crippen LogP contribution < -0.4 is 5.32 Å². The van der Waals surface area contributed by atoms with Crippen LogP contribution in [-0.2, 0) is 9.53 Å². The molecule has 0 aliphatic carbocycles. The Morgan fingerprint density at radius 2 is 2.19 bits per heavy atom. The van der Waals surface area contributed by atoms with Crippen molar-refractivity contribution in [2.24, 2.45) is 5.92 Å². The number of carboxylic acids is 1. The Morgan fingerprint density at radius 1 is 1.50 bits per heavy atom. The van der Waals surface area contributed by atoms with Crippen LogP contribution in [0.25, 0.3) is 0 Å². The van der Waals surface area contributed by atoms with Crippen LogP contribution >= 0.6 is 0 Å². The highest BCUT2D eigenvalue weighted by Crippen LogP contribution is 2.22. The molecule has 6 heteroatoms. The first-order chi connectivity index (χ1) is 7.66. The topological polar surface area (TPSA) is 78.9 Å². The normalized spacial score (nSPS) is 26.9. The van der Waals surface area contributed by atoms with E-state index in [-0.39, 0.29) is 18.6 Å². The Bertz CT molecular complexity index is 289. The first-order valence-electron chi connectivity index (χ1n) is 5.52. The molecule has 0 bridgehead atoms. The average molecular weight is 228 g/mol. The quantitative estimate of drug-likeness (QED) is 0.706. The Hall–Kier alpha value is -1.30. The van der Waals surface area contributed by atoms with Gasteiger partial charge in [0.2, 0.25) is 0 Å². The summed E-state index contributed by atoms with van der Waals surface area (Å²) in [4.78, 5) is 23.4. The fourth-order valence-electron chi connectivity index (χ4n) is 2.30. The van der Waals surface area contributed by atoms with E-state index >= 15 is 0 Å². The second-order valence-corrected chi connectivity index (χ2v) is 4.28. The van der Waals surface area contributed by atoms with Crippen molar-refractivity contribution >= 4 is 12.0 Å². The van der Waals surface area contributed by atoms with Gasteiger partial charge < -0.3 is 20.1 Å². The van der Waals surface area contributed by atoms with Gasteiger partial charge in [0.25, 0.3) is 0 Å².